The van der Waals surface area contributed by atoms with Crippen LogP contribution >= 0.6 is 0 Å². The van der Waals surface area contributed by atoms with E-state index in [1.54, 1.807) is 10.6 Å². The Morgan fingerprint density at radius 3 is 2.53 bits per heavy atom. The smallest absolute Gasteiger partial charge is 0.250 e. The van der Waals surface area contributed by atoms with E-state index in [2.05, 4.69) is 18.7 Å². The quantitative estimate of drug-likeness (QED) is 0.732. The lowest BCUT2D eigenvalue weighted by Gasteiger charge is -2.18. The molecule has 0 aliphatic rings. The molecule has 0 N–H and O–H groups in total. The van der Waals surface area contributed by atoms with E-state index in [1.807, 2.05) is 19.2 Å². The molecule has 0 radical (unpaired) electrons. The molecule has 0 fully saturated rings. The van der Waals surface area contributed by atoms with E-state index in [-0.39, 0.29) is 5.56 Å². The summed E-state index contributed by atoms with van der Waals surface area (Å²) >= 11 is 0. The van der Waals surface area contributed by atoms with Crippen molar-refractivity contribution in [1.29, 1.82) is 0 Å². The Kier molecular flexibility index (Phi) is 4.56. The Balaban J connectivity index is 2.61. The van der Waals surface area contributed by atoms with Crippen molar-refractivity contribution >= 4 is 0 Å². The minimum absolute atomic E-state index is 0.0992. The molecule has 1 aromatic heterocycles. The second-order valence-electron chi connectivity index (χ2n) is 3.76. The summed E-state index contributed by atoms with van der Waals surface area (Å²) in [6, 6.07) is 3.66. The van der Waals surface area contributed by atoms with Gasteiger partial charge in [-0.1, -0.05) is 13.8 Å². The number of likely N-dealkylation sites (N-methyl/N-ethyl adjacent to an activating group) is 1. The monoisotopic (exact) mass is 208 g/mol. The number of pyridine rings is 1. The van der Waals surface area contributed by atoms with Gasteiger partial charge in [-0.05, 0) is 31.6 Å². The first-order valence-corrected chi connectivity index (χ1v) is 5.56. The molecule has 1 aromatic rings. The van der Waals surface area contributed by atoms with Gasteiger partial charge < -0.3 is 9.47 Å². The third-order valence-electron chi connectivity index (χ3n) is 2.70. The number of rotatable bonds is 5. The molecule has 84 valence electrons. The summed E-state index contributed by atoms with van der Waals surface area (Å²) in [5.41, 5.74) is 1.13. The van der Waals surface area contributed by atoms with Gasteiger partial charge >= 0.3 is 0 Å². The predicted molar refractivity (Wildman–Crippen MR) is 63.2 cm³/mol. The zero-order valence-electron chi connectivity index (χ0n) is 9.86. The van der Waals surface area contributed by atoms with Crippen LogP contribution in [-0.4, -0.2) is 29.1 Å². The number of hydrogen-bond acceptors (Lipinski definition) is 2. The van der Waals surface area contributed by atoms with E-state index in [9.17, 15) is 4.79 Å². The van der Waals surface area contributed by atoms with E-state index in [4.69, 9.17) is 0 Å². The fourth-order valence-electron chi connectivity index (χ4n) is 1.58. The molecule has 0 spiro atoms. The number of hydrogen-bond donors (Lipinski definition) is 0. The molecule has 0 atom stereocenters. The lowest BCUT2D eigenvalue weighted by molar-refractivity contribution is 0.289. The first kappa shape index (κ1) is 12.0. The van der Waals surface area contributed by atoms with E-state index in [0.29, 0.717) is 0 Å². The molecule has 3 heteroatoms. The normalized spacial score (nSPS) is 10.9. The molecular weight excluding hydrogens is 188 g/mol. The summed E-state index contributed by atoms with van der Waals surface area (Å²) in [6.07, 6.45) is 1.88. The van der Waals surface area contributed by atoms with Crippen molar-refractivity contribution in [1.82, 2.24) is 9.47 Å². The molecule has 0 saturated carbocycles. The average molecular weight is 208 g/mol. The van der Waals surface area contributed by atoms with Gasteiger partial charge in [0, 0.05) is 25.4 Å². The third-order valence-corrected chi connectivity index (χ3v) is 2.70. The molecule has 0 aromatic carbocycles. The van der Waals surface area contributed by atoms with E-state index >= 15 is 0 Å². The van der Waals surface area contributed by atoms with Crippen molar-refractivity contribution < 1.29 is 0 Å². The van der Waals surface area contributed by atoms with Crippen LogP contribution in [0.15, 0.2) is 23.1 Å². The first-order valence-electron chi connectivity index (χ1n) is 5.56. The highest BCUT2D eigenvalue weighted by molar-refractivity contribution is 5.07. The molecule has 0 amide bonds. The fourth-order valence-corrected chi connectivity index (χ4v) is 1.58. The van der Waals surface area contributed by atoms with Crippen LogP contribution in [0.5, 0.6) is 0 Å². The summed E-state index contributed by atoms with van der Waals surface area (Å²) in [7, 11) is 0. The lowest BCUT2D eigenvalue weighted by Crippen LogP contribution is -2.30. The maximum Gasteiger partial charge on any atom is 0.250 e. The Morgan fingerprint density at radius 2 is 2.00 bits per heavy atom. The highest BCUT2D eigenvalue weighted by atomic mass is 16.1. The van der Waals surface area contributed by atoms with Crippen LogP contribution in [0.3, 0.4) is 0 Å². The number of aromatic nitrogens is 1. The summed E-state index contributed by atoms with van der Waals surface area (Å²) in [5.74, 6) is 0. The zero-order chi connectivity index (χ0) is 11.3. The lowest BCUT2D eigenvalue weighted by atomic mass is 10.3. The van der Waals surface area contributed by atoms with Gasteiger partial charge in [-0.2, -0.15) is 0 Å². The van der Waals surface area contributed by atoms with Crippen LogP contribution in [0.2, 0.25) is 0 Å². The van der Waals surface area contributed by atoms with Crippen molar-refractivity contribution in [3.05, 3.63) is 34.2 Å². The molecule has 3 nitrogen and oxygen atoms in total. The molecule has 1 rings (SSSR count). The van der Waals surface area contributed by atoms with E-state index in [1.165, 1.54) is 0 Å². The van der Waals surface area contributed by atoms with Gasteiger partial charge in [-0.15, -0.1) is 0 Å². The van der Waals surface area contributed by atoms with Crippen molar-refractivity contribution in [3.8, 4) is 0 Å². The Morgan fingerprint density at radius 1 is 1.33 bits per heavy atom. The largest absolute Gasteiger partial charge is 0.314 e. The van der Waals surface area contributed by atoms with Crippen LogP contribution < -0.4 is 5.56 Å². The molecule has 0 bridgehead atoms. The van der Waals surface area contributed by atoms with Crippen molar-refractivity contribution in [2.75, 3.05) is 19.6 Å². The van der Waals surface area contributed by atoms with Gasteiger partial charge in [0.15, 0.2) is 0 Å². The van der Waals surface area contributed by atoms with Gasteiger partial charge in [0.05, 0.1) is 0 Å². The first-order chi connectivity index (χ1) is 7.17. The molecule has 0 aliphatic heterocycles. The fraction of sp³-hybridized carbons (Fsp3) is 0.583. The van der Waals surface area contributed by atoms with Crippen LogP contribution in [0.1, 0.15) is 19.4 Å². The van der Waals surface area contributed by atoms with Crippen molar-refractivity contribution in [2.45, 2.75) is 27.3 Å². The number of aryl methyl sites for hydroxylation is 1. The standard InChI is InChI=1S/C12H20N2O/c1-4-13(5-2)8-9-14-7-6-11(3)10-12(14)15/h6-7,10H,4-5,8-9H2,1-3H3. The Bertz CT molecular complexity index is 353. The highest BCUT2D eigenvalue weighted by Gasteiger charge is 2.00. The SMILES string of the molecule is CCN(CC)CCn1ccc(C)cc1=O. The summed E-state index contributed by atoms with van der Waals surface area (Å²) in [5, 5.41) is 0. The molecular formula is C12H20N2O. The van der Waals surface area contributed by atoms with E-state index < -0.39 is 0 Å². The Labute approximate surface area is 91.3 Å². The minimum atomic E-state index is 0.0992. The van der Waals surface area contributed by atoms with Crippen LogP contribution in [0.4, 0.5) is 0 Å². The average Bonchev–Trinajstić information content (AvgIpc) is 2.22. The van der Waals surface area contributed by atoms with Crippen molar-refractivity contribution in [2.24, 2.45) is 0 Å². The molecule has 0 aliphatic carbocycles. The Hall–Kier alpha value is -1.09. The molecule has 0 unspecified atom stereocenters. The zero-order valence-corrected chi connectivity index (χ0v) is 9.86. The second kappa shape index (κ2) is 5.71. The maximum absolute atomic E-state index is 11.6. The summed E-state index contributed by atoms with van der Waals surface area (Å²) in [6.45, 7) is 10.0. The van der Waals surface area contributed by atoms with Gasteiger partial charge in [0.1, 0.15) is 0 Å². The van der Waals surface area contributed by atoms with Gasteiger partial charge in [0.25, 0.3) is 5.56 Å². The predicted octanol–water partition coefficient (Wildman–Crippen LogP) is 1.50. The van der Waals surface area contributed by atoms with Crippen molar-refractivity contribution in [3.63, 3.8) is 0 Å². The van der Waals surface area contributed by atoms with Gasteiger partial charge in [-0.3, -0.25) is 4.79 Å². The van der Waals surface area contributed by atoms with Crippen LogP contribution in [-0.2, 0) is 6.54 Å². The third kappa shape index (κ3) is 3.51. The van der Waals surface area contributed by atoms with Crippen LogP contribution in [0, 0.1) is 6.92 Å². The summed E-state index contributed by atoms with van der Waals surface area (Å²) < 4.78 is 1.77. The maximum atomic E-state index is 11.6. The van der Waals surface area contributed by atoms with Crippen LogP contribution in [0.25, 0.3) is 0 Å². The molecule has 1 heterocycles. The van der Waals surface area contributed by atoms with E-state index in [0.717, 1.165) is 31.7 Å². The van der Waals surface area contributed by atoms with Gasteiger partial charge in [0.2, 0.25) is 0 Å². The highest BCUT2D eigenvalue weighted by Crippen LogP contribution is 1.93. The molecule has 0 saturated heterocycles. The molecule has 15 heavy (non-hydrogen) atoms. The minimum Gasteiger partial charge on any atom is -0.314 e. The second-order valence-corrected chi connectivity index (χ2v) is 3.76. The number of nitrogens with zero attached hydrogens (tertiary/aromatic N) is 2. The topological polar surface area (TPSA) is 25.2 Å². The summed E-state index contributed by atoms with van der Waals surface area (Å²) in [4.78, 5) is 13.9. The van der Waals surface area contributed by atoms with Gasteiger partial charge in [-0.25, -0.2) is 0 Å².